The van der Waals surface area contributed by atoms with Gasteiger partial charge in [0.2, 0.25) is 5.91 Å². The van der Waals surface area contributed by atoms with Gasteiger partial charge < -0.3 is 10.2 Å². The van der Waals surface area contributed by atoms with Gasteiger partial charge in [0.05, 0.1) is 5.41 Å². The molecule has 0 aromatic heterocycles. The number of carbonyl (C=O) groups is 1. The fourth-order valence-corrected chi connectivity index (χ4v) is 4.27. The molecule has 1 heterocycles. The summed E-state index contributed by atoms with van der Waals surface area (Å²) in [4.78, 5) is 15.9. The maximum absolute atomic E-state index is 13.7. The summed E-state index contributed by atoms with van der Waals surface area (Å²) in [6.07, 6.45) is 6.78. The summed E-state index contributed by atoms with van der Waals surface area (Å²) in [6.45, 7) is 7.12. The van der Waals surface area contributed by atoms with Gasteiger partial charge in [-0.15, -0.1) is 0 Å². The predicted molar refractivity (Wildman–Crippen MR) is 98.6 cm³/mol. The molecule has 2 fully saturated rings. The highest BCUT2D eigenvalue weighted by Crippen LogP contribution is 2.40. The molecule has 0 bridgehead atoms. The van der Waals surface area contributed by atoms with E-state index in [1.165, 1.54) is 18.4 Å². The zero-order chi connectivity index (χ0) is 17.0. The summed E-state index contributed by atoms with van der Waals surface area (Å²) in [6, 6.07) is 10.8. The van der Waals surface area contributed by atoms with E-state index in [-0.39, 0.29) is 5.41 Å². The van der Waals surface area contributed by atoms with Crippen LogP contribution in [0.5, 0.6) is 0 Å². The lowest BCUT2D eigenvalue weighted by molar-refractivity contribution is -0.147. The second-order valence-corrected chi connectivity index (χ2v) is 7.81. The van der Waals surface area contributed by atoms with Crippen LogP contribution >= 0.6 is 0 Å². The predicted octanol–water partition coefficient (Wildman–Crippen LogP) is 3.98. The average molecular weight is 329 g/mol. The second-order valence-electron chi connectivity index (χ2n) is 7.81. The van der Waals surface area contributed by atoms with E-state index in [4.69, 9.17) is 0 Å². The Bertz CT molecular complexity index is 527. The third-order valence-electron chi connectivity index (χ3n) is 5.91. The lowest BCUT2D eigenvalue weighted by Gasteiger charge is -2.42. The van der Waals surface area contributed by atoms with Crippen LogP contribution in [0.25, 0.3) is 0 Å². The summed E-state index contributed by atoms with van der Waals surface area (Å²) in [5.74, 6) is 1.09. The first-order valence-electron chi connectivity index (χ1n) is 9.72. The lowest BCUT2D eigenvalue weighted by atomic mass is 9.75. The van der Waals surface area contributed by atoms with E-state index in [1.54, 1.807) is 0 Å². The molecule has 1 saturated heterocycles. The molecule has 2 atom stereocenters. The molecular weight excluding hydrogens is 296 g/mol. The summed E-state index contributed by atoms with van der Waals surface area (Å²) in [5.41, 5.74) is 1.05. The molecule has 24 heavy (non-hydrogen) atoms. The molecule has 2 unspecified atom stereocenters. The molecule has 1 aromatic carbocycles. The van der Waals surface area contributed by atoms with Crippen molar-refractivity contribution in [2.45, 2.75) is 65.0 Å². The fourth-order valence-electron chi connectivity index (χ4n) is 4.27. The Labute approximate surface area is 146 Å². The van der Waals surface area contributed by atoms with Crippen LogP contribution in [-0.2, 0) is 11.3 Å². The van der Waals surface area contributed by atoms with Crippen molar-refractivity contribution in [3.8, 4) is 0 Å². The molecular formula is C21H32N2O. The van der Waals surface area contributed by atoms with Crippen molar-refractivity contribution in [3.05, 3.63) is 35.9 Å². The zero-order valence-corrected chi connectivity index (χ0v) is 15.3. The summed E-state index contributed by atoms with van der Waals surface area (Å²) < 4.78 is 0. The standard InChI is InChI=1S/C21H32N2O/c1-3-12-21(13-7-14-22-16-21)20(24)23(17(2)19-10-11-19)15-18-8-5-4-6-9-18/h4-6,8-9,17,19,22H,3,7,10-16H2,1-2H3. The molecule has 1 amide bonds. The molecule has 1 aromatic rings. The minimum atomic E-state index is -0.190. The third kappa shape index (κ3) is 3.83. The topological polar surface area (TPSA) is 32.3 Å². The highest BCUT2D eigenvalue weighted by Gasteiger charge is 2.44. The van der Waals surface area contributed by atoms with Crippen molar-refractivity contribution < 1.29 is 4.79 Å². The number of hydrogen-bond donors (Lipinski definition) is 1. The van der Waals surface area contributed by atoms with Crippen LogP contribution in [0.4, 0.5) is 0 Å². The summed E-state index contributed by atoms with van der Waals surface area (Å²) >= 11 is 0. The fraction of sp³-hybridized carbons (Fsp3) is 0.667. The van der Waals surface area contributed by atoms with E-state index >= 15 is 0 Å². The van der Waals surface area contributed by atoms with Crippen LogP contribution in [-0.4, -0.2) is 29.9 Å². The normalized spacial score (nSPS) is 25.2. The van der Waals surface area contributed by atoms with Gasteiger partial charge in [-0.05, 0) is 57.1 Å². The van der Waals surface area contributed by atoms with Crippen LogP contribution in [0.3, 0.4) is 0 Å². The number of nitrogens with one attached hydrogen (secondary N) is 1. The van der Waals surface area contributed by atoms with E-state index in [0.29, 0.717) is 17.9 Å². The Morgan fingerprint density at radius 3 is 2.67 bits per heavy atom. The van der Waals surface area contributed by atoms with Crippen LogP contribution in [0.2, 0.25) is 0 Å². The molecule has 3 heteroatoms. The summed E-state index contributed by atoms with van der Waals surface area (Å²) in [5, 5.41) is 3.50. The number of amides is 1. The molecule has 1 saturated carbocycles. The molecule has 0 radical (unpaired) electrons. The molecule has 3 nitrogen and oxygen atoms in total. The molecule has 1 aliphatic carbocycles. The molecule has 1 aliphatic heterocycles. The monoisotopic (exact) mass is 328 g/mol. The Balaban J connectivity index is 1.83. The van der Waals surface area contributed by atoms with Crippen LogP contribution in [0.1, 0.15) is 57.9 Å². The van der Waals surface area contributed by atoms with Gasteiger partial charge in [-0.2, -0.15) is 0 Å². The van der Waals surface area contributed by atoms with Gasteiger partial charge in [0.15, 0.2) is 0 Å². The number of rotatable bonds is 7. The van der Waals surface area contributed by atoms with Gasteiger partial charge >= 0.3 is 0 Å². The Hall–Kier alpha value is -1.35. The Kier molecular flexibility index (Phi) is 5.60. The first-order valence-corrected chi connectivity index (χ1v) is 9.72. The van der Waals surface area contributed by atoms with Gasteiger partial charge in [0.1, 0.15) is 0 Å². The maximum Gasteiger partial charge on any atom is 0.230 e. The van der Waals surface area contributed by atoms with Crippen molar-refractivity contribution in [1.82, 2.24) is 10.2 Å². The van der Waals surface area contributed by atoms with Crippen molar-refractivity contribution in [2.24, 2.45) is 11.3 Å². The molecule has 132 valence electrons. The molecule has 2 aliphatic rings. The number of nitrogens with zero attached hydrogens (tertiary/aromatic N) is 1. The van der Waals surface area contributed by atoms with Gasteiger partial charge in [0, 0.05) is 19.1 Å². The molecule has 3 rings (SSSR count). The van der Waals surface area contributed by atoms with Gasteiger partial charge in [-0.1, -0.05) is 43.7 Å². The molecule has 0 spiro atoms. The highest BCUT2D eigenvalue weighted by molar-refractivity contribution is 5.83. The van der Waals surface area contributed by atoms with Crippen LogP contribution < -0.4 is 5.32 Å². The zero-order valence-electron chi connectivity index (χ0n) is 15.3. The number of piperidine rings is 1. The van der Waals surface area contributed by atoms with E-state index in [0.717, 1.165) is 45.3 Å². The largest absolute Gasteiger partial charge is 0.335 e. The highest BCUT2D eigenvalue weighted by atomic mass is 16.2. The maximum atomic E-state index is 13.7. The van der Waals surface area contributed by atoms with Crippen LogP contribution in [0, 0.1) is 11.3 Å². The molecule has 1 N–H and O–H groups in total. The Morgan fingerprint density at radius 1 is 1.33 bits per heavy atom. The van der Waals surface area contributed by atoms with Crippen LogP contribution in [0.15, 0.2) is 30.3 Å². The van der Waals surface area contributed by atoms with E-state index < -0.39 is 0 Å². The average Bonchev–Trinajstić information content (AvgIpc) is 3.46. The van der Waals surface area contributed by atoms with Gasteiger partial charge in [-0.25, -0.2) is 0 Å². The Morgan fingerprint density at radius 2 is 2.08 bits per heavy atom. The van der Waals surface area contributed by atoms with Crippen molar-refractivity contribution in [1.29, 1.82) is 0 Å². The minimum absolute atomic E-state index is 0.190. The quantitative estimate of drug-likeness (QED) is 0.821. The van der Waals surface area contributed by atoms with E-state index in [2.05, 4.69) is 48.3 Å². The van der Waals surface area contributed by atoms with Crippen molar-refractivity contribution >= 4 is 5.91 Å². The first kappa shape index (κ1) is 17.5. The van der Waals surface area contributed by atoms with E-state index in [1.807, 2.05) is 6.07 Å². The van der Waals surface area contributed by atoms with Gasteiger partial charge in [-0.3, -0.25) is 4.79 Å². The number of carbonyl (C=O) groups excluding carboxylic acids is 1. The van der Waals surface area contributed by atoms with Crippen molar-refractivity contribution in [2.75, 3.05) is 13.1 Å². The van der Waals surface area contributed by atoms with Gasteiger partial charge in [0.25, 0.3) is 0 Å². The summed E-state index contributed by atoms with van der Waals surface area (Å²) in [7, 11) is 0. The number of benzene rings is 1. The lowest BCUT2D eigenvalue weighted by Crippen LogP contribution is -2.54. The van der Waals surface area contributed by atoms with Crippen molar-refractivity contribution in [3.63, 3.8) is 0 Å². The number of hydrogen-bond acceptors (Lipinski definition) is 2. The second kappa shape index (κ2) is 7.69. The SMILES string of the molecule is CCCC1(C(=O)N(Cc2ccccc2)C(C)C2CC2)CCCNC1. The van der Waals surface area contributed by atoms with E-state index in [9.17, 15) is 4.79 Å². The minimum Gasteiger partial charge on any atom is -0.335 e. The smallest absolute Gasteiger partial charge is 0.230 e. The third-order valence-corrected chi connectivity index (χ3v) is 5.91. The first-order chi connectivity index (χ1) is 11.7.